The highest BCUT2D eigenvalue weighted by Crippen LogP contribution is 2.11. The smallest absolute Gasteiger partial charge is 0.191 e. The molecule has 0 saturated carbocycles. The molecule has 1 aromatic heterocycles. The molecular formula is C20H28IN3O3. The summed E-state index contributed by atoms with van der Waals surface area (Å²) in [5.74, 6) is 2.62. The molecule has 1 aliphatic rings. The average molecular weight is 485 g/mol. The lowest BCUT2D eigenvalue weighted by Gasteiger charge is -2.14. The zero-order valence-corrected chi connectivity index (χ0v) is 17.8. The van der Waals surface area contributed by atoms with Crippen LogP contribution in [0.2, 0.25) is 0 Å². The highest BCUT2D eigenvalue weighted by Gasteiger charge is 2.14. The number of aliphatic imine (C=N–C) groups is 1. The molecule has 1 aromatic carbocycles. The molecule has 0 amide bonds. The lowest BCUT2D eigenvalue weighted by atomic mass is 10.2. The number of rotatable bonds is 9. The summed E-state index contributed by atoms with van der Waals surface area (Å²) in [4.78, 5) is 4.65. The number of furan rings is 1. The number of nitrogens with one attached hydrogen (secondary N) is 2. The van der Waals surface area contributed by atoms with Gasteiger partial charge in [-0.2, -0.15) is 0 Å². The molecule has 1 aliphatic heterocycles. The van der Waals surface area contributed by atoms with Gasteiger partial charge in [0.05, 0.1) is 25.5 Å². The molecule has 2 aromatic rings. The summed E-state index contributed by atoms with van der Waals surface area (Å²) < 4.78 is 16.7. The van der Waals surface area contributed by atoms with Gasteiger partial charge in [0.1, 0.15) is 18.1 Å². The van der Waals surface area contributed by atoms with E-state index in [0.717, 1.165) is 49.9 Å². The maximum Gasteiger partial charge on any atom is 0.191 e. The van der Waals surface area contributed by atoms with Crippen molar-refractivity contribution in [3.05, 3.63) is 54.5 Å². The van der Waals surface area contributed by atoms with E-state index in [1.807, 2.05) is 42.5 Å². The van der Waals surface area contributed by atoms with Gasteiger partial charge in [-0.15, -0.1) is 24.0 Å². The van der Waals surface area contributed by atoms with E-state index >= 15 is 0 Å². The molecular weight excluding hydrogens is 457 g/mol. The Balaban J connectivity index is 0.00000261. The van der Waals surface area contributed by atoms with Gasteiger partial charge in [-0.05, 0) is 37.1 Å². The predicted octanol–water partition coefficient (Wildman–Crippen LogP) is 3.23. The van der Waals surface area contributed by atoms with E-state index < -0.39 is 0 Å². The van der Waals surface area contributed by atoms with E-state index in [1.165, 1.54) is 0 Å². The fraction of sp³-hybridized carbons (Fsp3) is 0.450. The molecule has 1 atom stereocenters. The molecule has 0 spiro atoms. The van der Waals surface area contributed by atoms with E-state index in [9.17, 15) is 0 Å². The van der Waals surface area contributed by atoms with Crippen LogP contribution in [0.25, 0.3) is 0 Å². The Labute approximate surface area is 177 Å². The molecule has 148 valence electrons. The van der Waals surface area contributed by atoms with E-state index in [1.54, 1.807) is 6.26 Å². The second-order valence-corrected chi connectivity index (χ2v) is 6.17. The first-order valence-electron chi connectivity index (χ1n) is 9.24. The number of ether oxygens (including phenoxy) is 2. The zero-order chi connectivity index (χ0) is 17.9. The molecule has 0 radical (unpaired) electrons. The van der Waals surface area contributed by atoms with Crippen molar-refractivity contribution in [1.29, 1.82) is 0 Å². The van der Waals surface area contributed by atoms with Crippen molar-refractivity contribution in [3.8, 4) is 5.75 Å². The van der Waals surface area contributed by atoms with Gasteiger partial charge in [0.25, 0.3) is 0 Å². The van der Waals surface area contributed by atoms with Crippen molar-refractivity contribution in [2.45, 2.75) is 25.4 Å². The molecule has 2 heterocycles. The normalized spacial score (nSPS) is 16.6. The van der Waals surface area contributed by atoms with Crippen LogP contribution < -0.4 is 15.4 Å². The van der Waals surface area contributed by atoms with Crippen molar-refractivity contribution >= 4 is 29.9 Å². The van der Waals surface area contributed by atoms with Gasteiger partial charge in [-0.1, -0.05) is 18.2 Å². The van der Waals surface area contributed by atoms with Crippen molar-refractivity contribution < 1.29 is 13.9 Å². The first-order valence-corrected chi connectivity index (χ1v) is 9.24. The summed E-state index contributed by atoms with van der Waals surface area (Å²) in [7, 11) is 0. The van der Waals surface area contributed by atoms with E-state index in [0.29, 0.717) is 19.7 Å². The lowest BCUT2D eigenvalue weighted by molar-refractivity contribution is 0.117. The first kappa shape index (κ1) is 21.6. The predicted molar refractivity (Wildman–Crippen MR) is 117 cm³/mol. The number of nitrogens with zero attached hydrogens (tertiary/aromatic N) is 1. The van der Waals surface area contributed by atoms with Gasteiger partial charge in [0, 0.05) is 19.6 Å². The number of benzene rings is 1. The van der Waals surface area contributed by atoms with Gasteiger partial charge in [-0.3, -0.25) is 4.99 Å². The van der Waals surface area contributed by atoms with Crippen LogP contribution in [0.4, 0.5) is 0 Å². The number of hydrogen-bond acceptors (Lipinski definition) is 4. The zero-order valence-electron chi connectivity index (χ0n) is 15.4. The Morgan fingerprint density at radius 3 is 2.70 bits per heavy atom. The Morgan fingerprint density at radius 1 is 1.11 bits per heavy atom. The van der Waals surface area contributed by atoms with Crippen molar-refractivity contribution in [1.82, 2.24) is 10.6 Å². The van der Waals surface area contributed by atoms with Gasteiger partial charge >= 0.3 is 0 Å². The monoisotopic (exact) mass is 485 g/mol. The fourth-order valence-electron chi connectivity index (χ4n) is 2.77. The van der Waals surface area contributed by atoms with Crippen LogP contribution in [0.5, 0.6) is 5.75 Å². The first-order chi connectivity index (χ1) is 12.9. The van der Waals surface area contributed by atoms with E-state index in [-0.39, 0.29) is 30.1 Å². The molecule has 2 N–H and O–H groups in total. The van der Waals surface area contributed by atoms with E-state index in [4.69, 9.17) is 13.9 Å². The number of para-hydroxylation sites is 1. The molecule has 3 rings (SSSR count). The van der Waals surface area contributed by atoms with Crippen molar-refractivity contribution in [2.75, 3.05) is 32.8 Å². The average Bonchev–Trinajstić information content (AvgIpc) is 3.37. The van der Waals surface area contributed by atoms with Crippen LogP contribution in [-0.2, 0) is 11.2 Å². The summed E-state index contributed by atoms with van der Waals surface area (Å²) in [6.45, 7) is 3.52. The van der Waals surface area contributed by atoms with Gasteiger partial charge in [0.2, 0.25) is 0 Å². The maximum atomic E-state index is 5.71. The Morgan fingerprint density at radius 2 is 1.96 bits per heavy atom. The van der Waals surface area contributed by atoms with Crippen LogP contribution in [0.3, 0.4) is 0 Å². The topological polar surface area (TPSA) is 68.0 Å². The number of guanidine groups is 1. The molecule has 6 nitrogen and oxygen atoms in total. The third kappa shape index (κ3) is 8.21. The second kappa shape index (κ2) is 12.6. The van der Waals surface area contributed by atoms with E-state index in [2.05, 4.69) is 15.6 Å². The maximum absolute atomic E-state index is 5.71. The number of halogens is 1. The van der Waals surface area contributed by atoms with Crippen LogP contribution in [0.1, 0.15) is 18.6 Å². The van der Waals surface area contributed by atoms with Crippen LogP contribution in [0.15, 0.2) is 58.1 Å². The summed E-state index contributed by atoms with van der Waals surface area (Å²) in [5, 5.41) is 6.67. The molecule has 27 heavy (non-hydrogen) atoms. The van der Waals surface area contributed by atoms with Gasteiger partial charge < -0.3 is 24.5 Å². The highest BCUT2D eigenvalue weighted by atomic mass is 127. The second-order valence-electron chi connectivity index (χ2n) is 6.17. The van der Waals surface area contributed by atoms with Crippen molar-refractivity contribution in [2.24, 2.45) is 4.99 Å². The van der Waals surface area contributed by atoms with Crippen LogP contribution in [-0.4, -0.2) is 44.9 Å². The SMILES string of the molecule is I.c1ccc(OCCNC(=NCC2CCCO2)NCCc2ccco2)cc1. The van der Waals surface area contributed by atoms with Gasteiger partial charge in [-0.25, -0.2) is 0 Å². The lowest BCUT2D eigenvalue weighted by Crippen LogP contribution is -2.40. The molecule has 1 unspecified atom stereocenters. The minimum absolute atomic E-state index is 0. The summed E-state index contributed by atoms with van der Waals surface area (Å²) in [6, 6.07) is 13.7. The van der Waals surface area contributed by atoms with Crippen LogP contribution in [0, 0.1) is 0 Å². The summed E-state index contributed by atoms with van der Waals surface area (Å²) >= 11 is 0. The fourth-order valence-corrected chi connectivity index (χ4v) is 2.77. The molecule has 0 aliphatic carbocycles. The van der Waals surface area contributed by atoms with Gasteiger partial charge in [0.15, 0.2) is 5.96 Å². The Hall–Kier alpha value is -1.74. The number of hydrogen-bond donors (Lipinski definition) is 2. The van der Waals surface area contributed by atoms with Crippen molar-refractivity contribution in [3.63, 3.8) is 0 Å². The van der Waals surface area contributed by atoms with Crippen LogP contribution >= 0.6 is 24.0 Å². The standard InChI is InChI=1S/C20H27N3O3.HI/c1-2-6-17(7-3-1)26-15-12-22-20(23-16-19-9-5-14-25-19)21-11-10-18-8-4-13-24-18;/h1-4,6-8,13,19H,5,9-12,14-16H2,(H2,21,22,23);1H. The third-order valence-corrected chi connectivity index (χ3v) is 4.13. The minimum Gasteiger partial charge on any atom is -0.492 e. The Bertz CT molecular complexity index is 644. The molecule has 1 fully saturated rings. The minimum atomic E-state index is 0. The Kier molecular flexibility index (Phi) is 10.1. The largest absolute Gasteiger partial charge is 0.492 e. The molecule has 0 bridgehead atoms. The summed E-state index contributed by atoms with van der Waals surface area (Å²) in [6.07, 6.45) is 4.95. The molecule has 1 saturated heterocycles. The highest BCUT2D eigenvalue weighted by molar-refractivity contribution is 14.0. The quantitative estimate of drug-likeness (QED) is 0.247. The summed E-state index contributed by atoms with van der Waals surface area (Å²) in [5.41, 5.74) is 0. The third-order valence-electron chi connectivity index (χ3n) is 4.13. The molecule has 7 heteroatoms.